The predicted octanol–water partition coefficient (Wildman–Crippen LogP) is 11.7. The van der Waals surface area contributed by atoms with Gasteiger partial charge >= 0.3 is 0 Å². The summed E-state index contributed by atoms with van der Waals surface area (Å²) in [4.78, 5) is 45.6. The third-order valence-corrected chi connectivity index (χ3v) is 11.0. The molecule has 0 atom stereocenters. The number of aryl methyl sites for hydroxylation is 4. The number of aromatic hydroxyl groups is 4. The predicted molar refractivity (Wildman–Crippen MR) is 237 cm³/mol. The van der Waals surface area contributed by atoms with E-state index in [1.807, 2.05) is 100 Å². The summed E-state index contributed by atoms with van der Waals surface area (Å²) < 4.78 is 0. The van der Waals surface area contributed by atoms with Gasteiger partial charge in [0.15, 0.2) is 25.1 Å². The number of hydrogen-bond donors (Lipinski definition) is 4. The fraction of sp³-hybridized carbons (Fsp3) is 0.0769. The number of hydrogen-bond acceptors (Lipinski definition) is 8. The Hall–Kier alpha value is -7.84. The molecule has 8 nitrogen and oxygen atoms in total. The van der Waals surface area contributed by atoms with Crippen molar-refractivity contribution < 1.29 is 39.6 Å². The van der Waals surface area contributed by atoms with E-state index in [2.05, 4.69) is 0 Å². The van der Waals surface area contributed by atoms with E-state index in [0.717, 1.165) is 88.3 Å². The van der Waals surface area contributed by atoms with Gasteiger partial charge in [-0.05, 0) is 165 Å². The lowest BCUT2D eigenvalue weighted by Gasteiger charge is -2.17. The lowest BCUT2D eigenvalue weighted by atomic mass is 9.87. The van der Waals surface area contributed by atoms with E-state index in [1.165, 1.54) is 0 Å². The zero-order valence-corrected chi connectivity index (χ0v) is 33.3. The Morgan fingerprint density at radius 3 is 0.733 bits per heavy atom. The van der Waals surface area contributed by atoms with Gasteiger partial charge < -0.3 is 20.4 Å². The highest BCUT2D eigenvalue weighted by molar-refractivity contribution is 6.09. The zero-order chi connectivity index (χ0) is 42.8. The molecule has 8 aromatic rings. The van der Waals surface area contributed by atoms with E-state index in [9.17, 15) is 39.6 Å². The van der Waals surface area contributed by atoms with Gasteiger partial charge in [-0.25, -0.2) is 0 Å². The molecule has 0 bridgehead atoms. The van der Waals surface area contributed by atoms with Crippen molar-refractivity contribution in [3.05, 3.63) is 166 Å². The molecule has 0 unspecified atom stereocenters. The molecule has 0 fully saturated rings. The van der Waals surface area contributed by atoms with Gasteiger partial charge in [0.25, 0.3) is 0 Å². The minimum absolute atomic E-state index is 0.0447. The fourth-order valence-electron chi connectivity index (χ4n) is 7.96. The first kappa shape index (κ1) is 40.4. The Balaban J connectivity index is 0.000000181. The van der Waals surface area contributed by atoms with Crippen molar-refractivity contribution in [2.45, 2.75) is 27.7 Å². The summed E-state index contributed by atoms with van der Waals surface area (Å²) in [6.07, 6.45) is 2.57. The molecule has 8 aromatic carbocycles. The number of benzene rings is 8. The molecule has 0 amide bonds. The van der Waals surface area contributed by atoms with Crippen LogP contribution in [0.2, 0.25) is 0 Å². The van der Waals surface area contributed by atoms with E-state index < -0.39 is 0 Å². The van der Waals surface area contributed by atoms with Crippen molar-refractivity contribution in [1.82, 2.24) is 0 Å². The quantitative estimate of drug-likeness (QED) is 0.111. The Kier molecular flexibility index (Phi) is 11.1. The first-order valence-corrected chi connectivity index (χ1v) is 19.1. The summed E-state index contributed by atoms with van der Waals surface area (Å²) in [7, 11) is 0. The average Bonchev–Trinajstić information content (AvgIpc) is 3.23. The zero-order valence-electron chi connectivity index (χ0n) is 33.3. The molecule has 0 aliphatic heterocycles. The summed E-state index contributed by atoms with van der Waals surface area (Å²) in [5, 5.41) is 44.1. The highest BCUT2D eigenvalue weighted by Crippen LogP contribution is 2.43. The third-order valence-electron chi connectivity index (χ3n) is 11.0. The van der Waals surface area contributed by atoms with Gasteiger partial charge in [-0.3, -0.25) is 19.2 Å². The van der Waals surface area contributed by atoms with Crippen LogP contribution in [-0.4, -0.2) is 45.6 Å². The molecule has 0 heterocycles. The van der Waals surface area contributed by atoms with Gasteiger partial charge in [0.05, 0.1) is 22.3 Å². The van der Waals surface area contributed by atoms with E-state index >= 15 is 0 Å². The highest BCUT2D eigenvalue weighted by atomic mass is 16.3. The number of phenolic OH excluding ortho intramolecular Hbond substituents is 4. The fourth-order valence-corrected chi connectivity index (χ4v) is 7.96. The summed E-state index contributed by atoms with van der Waals surface area (Å²) in [6.45, 7) is 7.56. The maximum Gasteiger partial charge on any atom is 0.153 e. The van der Waals surface area contributed by atoms with Crippen molar-refractivity contribution in [2.24, 2.45) is 0 Å². The SMILES string of the molecule is Cc1cc(O)c(C=O)cc1-c1cccc2cccc(-c3cc(C=O)c(O)cc3C)c12.Cc1cc(O)c(C=O)cc1-c1cccc2cccc(-c3cc(C=O)c(O)cc3C)c12. The lowest BCUT2D eigenvalue weighted by molar-refractivity contribution is 0.111. The van der Waals surface area contributed by atoms with Crippen LogP contribution < -0.4 is 0 Å². The van der Waals surface area contributed by atoms with Crippen LogP contribution in [0.25, 0.3) is 66.1 Å². The van der Waals surface area contributed by atoms with Gasteiger partial charge in [0.2, 0.25) is 0 Å². The van der Waals surface area contributed by atoms with Gasteiger partial charge in [-0.15, -0.1) is 0 Å². The average molecular weight is 793 g/mol. The Morgan fingerprint density at radius 2 is 0.533 bits per heavy atom. The Labute approximate surface area is 346 Å². The first-order chi connectivity index (χ1) is 28.9. The van der Waals surface area contributed by atoms with Crippen LogP contribution >= 0.6 is 0 Å². The van der Waals surface area contributed by atoms with Gasteiger partial charge in [0, 0.05) is 0 Å². The number of aldehydes is 4. The second kappa shape index (κ2) is 16.6. The van der Waals surface area contributed by atoms with E-state index in [1.54, 1.807) is 48.5 Å². The standard InChI is InChI=1S/2C26H20O4/c2*1-15-9-24(29)18(13-27)11-22(15)20-7-3-5-17-6-4-8-21(26(17)20)23-12-19(14-28)25(30)10-16(23)2/h2*3-14,29-30H,1-2H3. The molecule has 8 rings (SSSR count). The molecule has 8 heteroatoms. The van der Waals surface area contributed by atoms with Crippen molar-refractivity contribution >= 4 is 46.7 Å². The van der Waals surface area contributed by atoms with Crippen LogP contribution in [-0.2, 0) is 0 Å². The molecular formula is C52H40O8. The molecule has 4 N–H and O–H groups in total. The van der Waals surface area contributed by atoms with Crippen LogP contribution in [0.1, 0.15) is 63.7 Å². The van der Waals surface area contributed by atoms with Crippen molar-refractivity contribution in [2.75, 3.05) is 0 Å². The smallest absolute Gasteiger partial charge is 0.153 e. The monoisotopic (exact) mass is 792 g/mol. The highest BCUT2D eigenvalue weighted by Gasteiger charge is 2.18. The number of rotatable bonds is 8. The van der Waals surface area contributed by atoms with Crippen molar-refractivity contribution in [1.29, 1.82) is 0 Å². The van der Waals surface area contributed by atoms with Gasteiger partial charge in [0.1, 0.15) is 23.0 Å². The maximum absolute atomic E-state index is 11.4. The second-order valence-electron chi connectivity index (χ2n) is 14.8. The van der Waals surface area contributed by atoms with Crippen LogP contribution in [0, 0.1) is 27.7 Å². The minimum atomic E-state index is -0.0447. The largest absolute Gasteiger partial charge is 0.507 e. The Morgan fingerprint density at radius 1 is 0.317 bits per heavy atom. The summed E-state index contributed by atoms with van der Waals surface area (Å²) in [5.74, 6) is -0.179. The van der Waals surface area contributed by atoms with Crippen LogP contribution in [0.3, 0.4) is 0 Å². The van der Waals surface area contributed by atoms with Crippen molar-refractivity contribution in [3.8, 4) is 67.5 Å². The van der Waals surface area contributed by atoms with Crippen LogP contribution in [0.4, 0.5) is 0 Å². The maximum atomic E-state index is 11.4. The number of phenols is 4. The molecule has 0 saturated heterocycles. The molecule has 60 heavy (non-hydrogen) atoms. The normalized spacial score (nSPS) is 10.9. The number of carbonyl (C=O) groups excluding carboxylic acids is 4. The van der Waals surface area contributed by atoms with Crippen molar-refractivity contribution in [3.63, 3.8) is 0 Å². The molecule has 0 aromatic heterocycles. The summed E-state index contributed by atoms with van der Waals surface area (Å²) in [5.41, 5.74) is 11.4. The number of carbonyl (C=O) groups is 4. The lowest BCUT2D eigenvalue weighted by Crippen LogP contribution is -1.93. The minimum Gasteiger partial charge on any atom is -0.507 e. The number of fused-ring (bicyclic) bond motifs is 2. The molecule has 0 spiro atoms. The molecule has 0 aliphatic rings. The summed E-state index contributed by atoms with van der Waals surface area (Å²) in [6, 6.07) is 36.9. The second-order valence-corrected chi connectivity index (χ2v) is 14.8. The molecule has 296 valence electrons. The topological polar surface area (TPSA) is 149 Å². The molecule has 0 saturated carbocycles. The van der Waals surface area contributed by atoms with Gasteiger partial charge in [-0.1, -0.05) is 72.8 Å². The van der Waals surface area contributed by atoms with E-state index in [-0.39, 0.29) is 45.3 Å². The first-order valence-electron chi connectivity index (χ1n) is 19.1. The van der Waals surface area contributed by atoms with Gasteiger partial charge in [-0.2, -0.15) is 0 Å². The third kappa shape index (κ3) is 7.38. The summed E-state index contributed by atoms with van der Waals surface area (Å²) >= 11 is 0. The molecule has 0 aliphatic carbocycles. The van der Waals surface area contributed by atoms with E-state index in [0.29, 0.717) is 25.1 Å². The molecule has 0 radical (unpaired) electrons. The van der Waals surface area contributed by atoms with E-state index in [4.69, 9.17) is 0 Å². The molecular weight excluding hydrogens is 753 g/mol. The van der Waals surface area contributed by atoms with Crippen LogP contribution in [0.15, 0.2) is 121 Å². The van der Waals surface area contributed by atoms with Crippen LogP contribution in [0.5, 0.6) is 23.0 Å². The Bertz CT molecular complexity index is 2650.